The van der Waals surface area contributed by atoms with Gasteiger partial charge in [-0.25, -0.2) is 14.8 Å². The number of aryl methyl sites for hydroxylation is 1. The first kappa shape index (κ1) is 22.8. The van der Waals surface area contributed by atoms with Crippen molar-refractivity contribution in [2.45, 2.75) is 32.7 Å². The number of fused-ring (bicyclic) bond motifs is 1. The molecule has 0 unspecified atom stereocenters. The standard InChI is InChI=1S/C21H19F3N4O4/c1-11-6-13-8-14(10-28-19(29)16(9-25)18-26-4-3-5-27-18)32-17(13)15(7-11)20(30)31-12(2)21(22,23)24/h3-9,12H,10,25H2,1-2H3,(H,28,29)/b16-9+/t12-/m1/s1. The summed E-state index contributed by atoms with van der Waals surface area (Å²) in [6, 6.07) is 6.22. The summed E-state index contributed by atoms with van der Waals surface area (Å²) in [6.45, 7) is 2.34. The first-order valence-corrected chi connectivity index (χ1v) is 9.38. The maximum Gasteiger partial charge on any atom is 0.425 e. The number of esters is 1. The predicted molar refractivity (Wildman–Crippen MR) is 108 cm³/mol. The van der Waals surface area contributed by atoms with Gasteiger partial charge in [-0.3, -0.25) is 4.79 Å². The number of nitrogens with zero attached hydrogens (tertiary/aromatic N) is 2. The lowest BCUT2D eigenvalue weighted by atomic mass is 10.1. The van der Waals surface area contributed by atoms with Crippen LogP contribution >= 0.6 is 0 Å². The first-order chi connectivity index (χ1) is 15.1. The average molecular weight is 448 g/mol. The number of furan rings is 1. The van der Waals surface area contributed by atoms with Crippen LogP contribution in [0.15, 0.2) is 47.3 Å². The molecule has 1 amide bonds. The van der Waals surface area contributed by atoms with E-state index in [-0.39, 0.29) is 34.8 Å². The van der Waals surface area contributed by atoms with E-state index in [0.717, 1.165) is 13.1 Å². The third kappa shape index (κ3) is 5.05. The lowest BCUT2D eigenvalue weighted by Crippen LogP contribution is -2.30. The minimum Gasteiger partial charge on any atom is -0.458 e. The van der Waals surface area contributed by atoms with E-state index in [9.17, 15) is 22.8 Å². The number of benzene rings is 1. The summed E-state index contributed by atoms with van der Waals surface area (Å²) in [5, 5.41) is 3.07. The highest BCUT2D eigenvalue weighted by Crippen LogP contribution is 2.28. The highest BCUT2D eigenvalue weighted by molar-refractivity contribution is 6.18. The van der Waals surface area contributed by atoms with Gasteiger partial charge < -0.3 is 20.2 Å². The number of halogens is 3. The van der Waals surface area contributed by atoms with Gasteiger partial charge in [-0.15, -0.1) is 0 Å². The zero-order chi connectivity index (χ0) is 23.5. The van der Waals surface area contributed by atoms with Crippen molar-refractivity contribution in [3.8, 4) is 0 Å². The van der Waals surface area contributed by atoms with E-state index in [1.54, 1.807) is 25.1 Å². The third-order valence-electron chi connectivity index (χ3n) is 4.42. The monoisotopic (exact) mass is 448 g/mol. The average Bonchev–Trinajstić information content (AvgIpc) is 3.14. The van der Waals surface area contributed by atoms with Crippen molar-refractivity contribution < 1.29 is 31.9 Å². The molecule has 0 aliphatic rings. The number of carbonyl (C=O) groups excluding carboxylic acids is 2. The minimum atomic E-state index is -4.69. The van der Waals surface area contributed by atoms with Crippen LogP contribution < -0.4 is 11.1 Å². The van der Waals surface area contributed by atoms with Crippen molar-refractivity contribution in [3.63, 3.8) is 0 Å². The van der Waals surface area contributed by atoms with Crippen LogP contribution in [0.4, 0.5) is 13.2 Å². The largest absolute Gasteiger partial charge is 0.458 e. The number of alkyl halides is 3. The van der Waals surface area contributed by atoms with Crippen molar-refractivity contribution in [2.75, 3.05) is 0 Å². The first-order valence-electron chi connectivity index (χ1n) is 9.38. The van der Waals surface area contributed by atoms with Crippen molar-refractivity contribution in [3.05, 3.63) is 65.6 Å². The van der Waals surface area contributed by atoms with Gasteiger partial charge in [0.25, 0.3) is 5.91 Å². The molecule has 3 N–H and O–H groups in total. The zero-order valence-electron chi connectivity index (χ0n) is 17.1. The van der Waals surface area contributed by atoms with Crippen molar-refractivity contribution >= 4 is 28.4 Å². The molecule has 2 heterocycles. The summed E-state index contributed by atoms with van der Waals surface area (Å²) in [7, 11) is 0. The molecule has 168 valence electrons. The highest BCUT2D eigenvalue weighted by atomic mass is 19.4. The summed E-state index contributed by atoms with van der Waals surface area (Å²) >= 11 is 0. The van der Waals surface area contributed by atoms with Gasteiger partial charge in [0.2, 0.25) is 0 Å². The number of rotatable bonds is 6. The number of aromatic nitrogens is 2. The highest BCUT2D eigenvalue weighted by Gasteiger charge is 2.39. The Morgan fingerprint density at radius 2 is 1.94 bits per heavy atom. The second kappa shape index (κ2) is 9.08. The molecule has 3 aromatic rings. The van der Waals surface area contributed by atoms with E-state index < -0.39 is 24.2 Å². The summed E-state index contributed by atoms with van der Waals surface area (Å²) in [5.74, 6) is -1.32. The summed E-state index contributed by atoms with van der Waals surface area (Å²) in [4.78, 5) is 32.7. The predicted octanol–water partition coefficient (Wildman–Crippen LogP) is 3.25. The molecule has 0 aliphatic heterocycles. The molecule has 0 saturated heterocycles. The number of carbonyl (C=O) groups is 2. The molecule has 11 heteroatoms. The molecule has 0 aliphatic carbocycles. The van der Waals surface area contributed by atoms with E-state index in [4.69, 9.17) is 10.2 Å². The molecule has 0 saturated carbocycles. The summed E-state index contributed by atoms with van der Waals surface area (Å²) in [6.07, 6.45) is -2.97. The second-order valence-electron chi connectivity index (χ2n) is 6.87. The number of nitrogens with one attached hydrogen (secondary N) is 1. The topological polar surface area (TPSA) is 120 Å². The van der Waals surface area contributed by atoms with Crippen LogP contribution in [0.5, 0.6) is 0 Å². The Morgan fingerprint density at radius 3 is 2.56 bits per heavy atom. The fourth-order valence-electron chi connectivity index (χ4n) is 2.84. The normalized spacial score (nSPS) is 13.1. The van der Waals surface area contributed by atoms with E-state index >= 15 is 0 Å². The molecule has 8 nitrogen and oxygen atoms in total. The van der Waals surface area contributed by atoms with Gasteiger partial charge >= 0.3 is 12.1 Å². The molecule has 0 radical (unpaired) electrons. The Balaban J connectivity index is 1.80. The van der Waals surface area contributed by atoms with Crippen LogP contribution in [0.2, 0.25) is 0 Å². The van der Waals surface area contributed by atoms with Gasteiger partial charge in [0.05, 0.1) is 12.1 Å². The molecular formula is C21H19F3N4O4. The third-order valence-corrected chi connectivity index (χ3v) is 4.42. The van der Waals surface area contributed by atoms with Gasteiger partial charge in [-0.2, -0.15) is 13.2 Å². The van der Waals surface area contributed by atoms with Crippen LogP contribution in [-0.4, -0.2) is 34.1 Å². The molecule has 32 heavy (non-hydrogen) atoms. The Kier molecular flexibility index (Phi) is 6.47. The van der Waals surface area contributed by atoms with E-state index in [0.29, 0.717) is 10.9 Å². The van der Waals surface area contributed by atoms with Crippen LogP contribution in [-0.2, 0) is 16.1 Å². The molecule has 3 rings (SSSR count). The zero-order valence-corrected chi connectivity index (χ0v) is 17.1. The van der Waals surface area contributed by atoms with Gasteiger partial charge in [-0.1, -0.05) is 0 Å². The molecule has 1 atom stereocenters. The summed E-state index contributed by atoms with van der Waals surface area (Å²) in [5.41, 5.74) is 6.09. The molecule has 2 aromatic heterocycles. The Morgan fingerprint density at radius 1 is 1.25 bits per heavy atom. The Labute approximate surface area is 180 Å². The smallest absolute Gasteiger partial charge is 0.425 e. The lowest BCUT2D eigenvalue weighted by Gasteiger charge is -2.16. The Bertz CT molecular complexity index is 1170. The van der Waals surface area contributed by atoms with Crippen LogP contribution in [0, 0.1) is 6.92 Å². The number of hydrogen-bond acceptors (Lipinski definition) is 7. The van der Waals surface area contributed by atoms with E-state index in [1.165, 1.54) is 18.5 Å². The lowest BCUT2D eigenvalue weighted by molar-refractivity contribution is -0.198. The number of hydrogen-bond donors (Lipinski definition) is 2. The minimum absolute atomic E-state index is 0.0444. The fourth-order valence-corrected chi connectivity index (χ4v) is 2.84. The molecule has 1 aromatic carbocycles. The summed E-state index contributed by atoms with van der Waals surface area (Å²) < 4.78 is 48.4. The molecule has 0 fully saturated rings. The van der Waals surface area contributed by atoms with E-state index in [2.05, 4.69) is 20.0 Å². The maximum atomic E-state index is 12.8. The van der Waals surface area contributed by atoms with Gasteiger partial charge in [-0.05, 0) is 43.7 Å². The van der Waals surface area contributed by atoms with Crippen LogP contribution in [0.3, 0.4) is 0 Å². The van der Waals surface area contributed by atoms with Crippen molar-refractivity contribution in [1.29, 1.82) is 0 Å². The van der Waals surface area contributed by atoms with Gasteiger partial charge in [0.1, 0.15) is 16.9 Å². The number of amides is 1. The second-order valence-corrected chi connectivity index (χ2v) is 6.87. The van der Waals surface area contributed by atoms with Crippen LogP contribution in [0.25, 0.3) is 16.5 Å². The molecule has 0 spiro atoms. The molecule has 0 bridgehead atoms. The van der Waals surface area contributed by atoms with Crippen LogP contribution in [0.1, 0.15) is 34.4 Å². The number of nitrogens with two attached hydrogens (primary N) is 1. The quantitative estimate of drug-likeness (QED) is 0.439. The SMILES string of the molecule is Cc1cc(C(=O)O[C@H](C)C(F)(F)F)c2oc(CNC(=O)/C(=C/N)c3ncccn3)cc2c1. The number of ether oxygens (including phenoxy) is 1. The Hall–Kier alpha value is -3.89. The van der Waals surface area contributed by atoms with Gasteiger partial charge in [0, 0.05) is 24.0 Å². The fraction of sp³-hybridized carbons (Fsp3) is 0.238. The van der Waals surface area contributed by atoms with E-state index in [1.807, 2.05) is 0 Å². The van der Waals surface area contributed by atoms with Gasteiger partial charge in [0.15, 0.2) is 11.9 Å². The molecular weight excluding hydrogens is 429 g/mol. The maximum absolute atomic E-state index is 12.8. The van der Waals surface area contributed by atoms with Crippen molar-refractivity contribution in [2.24, 2.45) is 5.73 Å². The van der Waals surface area contributed by atoms with Crippen molar-refractivity contribution in [1.82, 2.24) is 15.3 Å².